The van der Waals surface area contributed by atoms with E-state index >= 15 is 0 Å². The Morgan fingerprint density at radius 3 is 2.53 bits per heavy atom. The van der Waals surface area contributed by atoms with Gasteiger partial charge < -0.3 is 10.6 Å². The summed E-state index contributed by atoms with van der Waals surface area (Å²) in [6.45, 7) is 2.68. The zero-order valence-electron chi connectivity index (χ0n) is 11.0. The molecule has 0 aliphatic carbocycles. The molecule has 0 spiro atoms. The van der Waals surface area contributed by atoms with Crippen molar-refractivity contribution in [1.29, 1.82) is 0 Å². The largest absolute Gasteiger partial charge is 0.356 e. The quantitative estimate of drug-likeness (QED) is 0.808. The van der Waals surface area contributed by atoms with E-state index < -0.39 is 0 Å². The van der Waals surface area contributed by atoms with Crippen LogP contribution in [-0.2, 0) is 9.59 Å². The predicted octanol–water partition coefficient (Wildman–Crippen LogP) is 2.98. The summed E-state index contributed by atoms with van der Waals surface area (Å²) in [6.07, 6.45) is 2.13. The Bertz CT molecular complexity index is 435. The molecule has 0 fully saturated rings. The predicted molar refractivity (Wildman–Crippen MR) is 77.2 cm³/mol. The highest BCUT2D eigenvalue weighted by Gasteiger charge is 2.06. The maximum Gasteiger partial charge on any atom is 0.224 e. The summed E-state index contributed by atoms with van der Waals surface area (Å²) in [5, 5.41) is 6.01. The standard InChI is InChI=1S/C14H19ClN2O2/c1-2-10-16-13(18)8-5-9-14(19)17-12-7-4-3-6-11(12)15/h3-4,6-7H,2,5,8-10H2,1H3,(H,16,18)(H,17,19). The van der Waals surface area contributed by atoms with Crippen LogP contribution in [0.5, 0.6) is 0 Å². The van der Waals surface area contributed by atoms with E-state index in [1.54, 1.807) is 24.3 Å². The van der Waals surface area contributed by atoms with Gasteiger partial charge in [0.15, 0.2) is 0 Å². The Kier molecular flexibility index (Phi) is 6.97. The third-order valence-corrected chi connectivity index (χ3v) is 2.86. The van der Waals surface area contributed by atoms with Gasteiger partial charge in [0.2, 0.25) is 11.8 Å². The monoisotopic (exact) mass is 282 g/mol. The van der Waals surface area contributed by atoms with Crippen molar-refractivity contribution < 1.29 is 9.59 Å². The van der Waals surface area contributed by atoms with Crippen LogP contribution in [0, 0.1) is 0 Å². The van der Waals surface area contributed by atoms with Crippen LogP contribution >= 0.6 is 11.6 Å². The molecular formula is C14H19ClN2O2. The molecule has 5 heteroatoms. The molecule has 0 saturated heterocycles. The lowest BCUT2D eigenvalue weighted by Crippen LogP contribution is -2.24. The van der Waals surface area contributed by atoms with E-state index in [1.165, 1.54) is 0 Å². The molecule has 0 radical (unpaired) electrons. The number of nitrogens with one attached hydrogen (secondary N) is 2. The summed E-state index contributed by atoms with van der Waals surface area (Å²) in [5.74, 6) is -0.135. The average molecular weight is 283 g/mol. The van der Waals surface area contributed by atoms with Gasteiger partial charge >= 0.3 is 0 Å². The van der Waals surface area contributed by atoms with Gasteiger partial charge in [-0.15, -0.1) is 0 Å². The van der Waals surface area contributed by atoms with Crippen molar-refractivity contribution in [1.82, 2.24) is 5.32 Å². The lowest BCUT2D eigenvalue weighted by Gasteiger charge is -2.07. The molecule has 0 atom stereocenters. The summed E-state index contributed by atoms with van der Waals surface area (Å²) in [4.78, 5) is 23.0. The smallest absolute Gasteiger partial charge is 0.224 e. The average Bonchev–Trinajstić information content (AvgIpc) is 2.39. The molecule has 0 bridgehead atoms. The number of para-hydroxylation sites is 1. The van der Waals surface area contributed by atoms with Crippen molar-refractivity contribution >= 4 is 29.1 Å². The van der Waals surface area contributed by atoms with Crippen LogP contribution in [0.1, 0.15) is 32.6 Å². The second-order valence-electron chi connectivity index (χ2n) is 4.23. The summed E-state index contributed by atoms with van der Waals surface area (Å²) in [6, 6.07) is 7.07. The third-order valence-electron chi connectivity index (χ3n) is 2.53. The number of amides is 2. The van der Waals surface area contributed by atoms with E-state index in [-0.39, 0.29) is 11.8 Å². The van der Waals surface area contributed by atoms with E-state index in [2.05, 4.69) is 10.6 Å². The van der Waals surface area contributed by atoms with Gasteiger partial charge in [0.1, 0.15) is 0 Å². The van der Waals surface area contributed by atoms with Crippen molar-refractivity contribution in [2.75, 3.05) is 11.9 Å². The molecule has 1 aromatic rings. The van der Waals surface area contributed by atoms with Crippen LogP contribution in [0.4, 0.5) is 5.69 Å². The minimum absolute atomic E-state index is 0.00704. The first-order chi connectivity index (χ1) is 9.13. The van der Waals surface area contributed by atoms with Gasteiger partial charge in [-0.25, -0.2) is 0 Å². The van der Waals surface area contributed by atoms with E-state index in [1.807, 2.05) is 6.92 Å². The van der Waals surface area contributed by atoms with Gasteiger partial charge in [0, 0.05) is 19.4 Å². The van der Waals surface area contributed by atoms with Gasteiger partial charge in [-0.3, -0.25) is 9.59 Å². The lowest BCUT2D eigenvalue weighted by molar-refractivity contribution is -0.121. The van der Waals surface area contributed by atoms with Gasteiger partial charge in [0.25, 0.3) is 0 Å². The van der Waals surface area contributed by atoms with Gasteiger partial charge in [-0.1, -0.05) is 30.7 Å². The van der Waals surface area contributed by atoms with Crippen LogP contribution in [0.25, 0.3) is 0 Å². The maximum atomic E-state index is 11.7. The lowest BCUT2D eigenvalue weighted by atomic mass is 10.2. The molecule has 0 aliphatic rings. The Balaban J connectivity index is 2.25. The molecule has 0 saturated carbocycles. The third kappa shape index (κ3) is 6.25. The highest BCUT2D eigenvalue weighted by atomic mass is 35.5. The fourth-order valence-corrected chi connectivity index (χ4v) is 1.72. The fraction of sp³-hybridized carbons (Fsp3) is 0.429. The van der Waals surface area contributed by atoms with Crippen molar-refractivity contribution in [2.24, 2.45) is 0 Å². The van der Waals surface area contributed by atoms with E-state index in [9.17, 15) is 9.59 Å². The number of halogens is 1. The van der Waals surface area contributed by atoms with Crippen LogP contribution in [0.15, 0.2) is 24.3 Å². The Morgan fingerprint density at radius 2 is 1.84 bits per heavy atom. The van der Waals surface area contributed by atoms with Crippen molar-refractivity contribution in [3.05, 3.63) is 29.3 Å². The molecule has 19 heavy (non-hydrogen) atoms. The molecule has 2 N–H and O–H groups in total. The SMILES string of the molecule is CCCNC(=O)CCCC(=O)Nc1ccccc1Cl. The van der Waals surface area contributed by atoms with Crippen molar-refractivity contribution in [2.45, 2.75) is 32.6 Å². The van der Waals surface area contributed by atoms with Crippen LogP contribution in [0.3, 0.4) is 0 Å². The van der Waals surface area contributed by atoms with E-state index in [4.69, 9.17) is 11.6 Å². The Hall–Kier alpha value is -1.55. The first-order valence-electron chi connectivity index (χ1n) is 6.44. The number of carbonyl (C=O) groups is 2. The van der Waals surface area contributed by atoms with Crippen LogP contribution in [-0.4, -0.2) is 18.4 Å². The first kappa shape index (κ1) is 15.5. The Morgan fingerprint density at radius 1 is 1.16 bits per heavy atom. The van der Waals surface area contributed by atoms with Gasteiger partial charge in [-0.2, -0.15) is 0 Å². The van der Waals surface area contributed by atoms with Gasteiger partial charge in [0.05, 0.1) is 10.7 Å². The molecule has 1 rings (SSSR count). The number of rotatable bonds is 7. The second kappa shape index (κ2) is 8.53. The number of anilines is 1. The van der Waals surface area contributed by atoms with Crippen molar-refractivity contribution in [3.8, 4) is 0 Å². The molecule has 1 aromatic carbocycles. The minimum atomic E-state index is -0.128. The second-order valence-corrected chi connectivity index (χ2v) is 4.64. The summed E-state index contributed by atoms with van der Waals surface area (Å²) in [7, 11) is 0. The molecule has 0 aromatic heterocycles. The zero-order valence-corrected chi connectivity index (χ0v) is 11.8. The van der Waals surface area contributed by atoms with Crippen molar-refractivity contribution in [3.63, 3.8) is 0 Å². The number of carbonyl (C=O) groups excluding carboxylic acids is 2. The maximum absolute atomic E-state index is 11.7. The summed E-state index contributed by atoms with van der Waals surface area (Å²) in [5.41, 5.74) is 0.601. The summed E-state index contributed by atoms with van der Waals surface area (Å²) < 4.78 is 0. The van der Waals surface area contributed by atoms with Crippen LogP contribution in [0.2, 0.25) is 5.02 Å². The first-order valence-corrected chi connectivity index (χ1v) is 6.82. The molecule has 104 valence electrons. The van der Waals surface area contributed by atoms with E-state index in [0.29, 0.717) is 36.5 Å². The molecule has 4 nitrogen and oxygen atoms in total. The molecule has 0 heterocycles. The number of hydrogen-bond acceptors (Lipinski definition) is 2. The highest BCUT2D eigenvalue weighted by molar-refractivity contribution is 6.33. The van der Waals surface area contributed by atoms with E-state index in [0.717, 1.165) is 6.42 Å². The van der Waals surface area contributed by atoms with Crippen LogP contribution < -0.4 is 10.6 Å². The molecule has 0 unspecified atom stereocenters. The normalized spacial score (nSPS) is 10.0. The molecule has 0 aliphatic heterocycles. The highest BCUT2D eigenvalue weighted by Crippen LogP contribution is 2.20. The topological polar surface area (TPSA) is 58.2 Å². The molecule has 2 amide bonds. The molecular weight excluding hydrogens is 264 g/mol. The number of benzene rings is 1. The fourth-order valence-electron chi connectivity index (χ4n) is 1.54. The number of hydrogen-bond donors (Lipinski definition) is 2. The minimum Gasteiger partial charge on any atom is -0.356 e. The van der Waals surface area contributed by atoms with Gasteiger partial charge in [-0.05, 0) is 25.0 Å². The zero-order chi connectivity index (χ0) is 14.1. The summed E-state index contributed by atoms with van der Waals surface area (Å²) >= 11 is 5.93. The Labute approximate surface area is 118 Å².